The maximum absolute atomic E-state index is 12.7. The molecular weight excluding hydrogens is 352 g/mol. The number of hydrogen-bond acceptors (Lipinski definition) is 4. The number of aryl methyl sites for hydroxylation is 2. The second-order valence-corrected chi connectivity index (χ2v) is 6.33. The van der Waals surface area contributed by atoms with Crippen molar-refractivity contribution in [3.63, 3.8) is 0 Å². The number of benzene rings is 3. The Kier molecular flexibility index (Phi) is 6.22. The topological polar surface area (TPSA) is 52.6 Å². The Morgan fingerprint density at radius 2 is 1.07 bits per heavy atom. The van der Waals surface area contributed by atoms with E-state index >= 15 is 0 Å². The first kappa shape index (κ1) is 19.4. The van der Waals surface area contributed by atoms with Crippen molar-refractivity contribution in [2.45, 2.75) is 26.7 Å². The molecule has 3 rings (SSSR count). The molecular formula is C24H22O4. The molecule has 0 atom stereocenters. The molecule has 28 heavy (non-hydrogen) atoms. The van der Waals surface area contributed by atoms with E-state index < -0.39 is 11.9 Å². The summed E-state index contributed by atoms with van der Waals surface area (Å²) in [6, 6.07) is 21.2. The number of hydrogen-bond donors (Lipinski definition) is 0. The average molecular weight is 374 g/mol. The third kappa shape index (κ3) is 4.65. The highest BCUT2D eigenvalue weighted by Crippen LogP contribution is 2.20. The summed E-state index contributed by atoms with van der Waals surface area (Å²) in [5.41, 5.74) is 2.46. The minimum absolute atomic E-state index is 0.168. The fraction of sp³-hybridized carbons (Fsp3) is 0.167. The first-order valence-corrected chi connectivity index (χ1v) is 9.32. The smallest absolute Gasteiger partial charge is 0.344 e. The van der Waals surface area contributed by atoms with Crippen LogP contribution >= 0.6 is 0 Å². The van der Waals surface area contributed by atoms with Gasteiger partial charge in [0.1, 0.15) is 11.5 Å². The van der Waals surface area contributed by atoms with Crippen molar-refractivity contribution in [2.24, 2.45) is 0 Å². The predicted molar refractivity (Wildman–Crippen MR) is 108 cm³/mol. The summed E-state index contributed by atoms with van der Waals surface area (Å²) >= 11 is 0. The van der Waals surface area contributed by atoms with E-state index in [0.717, 1.165) is 24.0 Å². The Bertz CT molecular complexity index is 911. The Labute approximate surface area is 164 Å². The van der Waals surface area contributed by atoms with Crippen LogP contribution in [0.4, 0.5) is 0 Å². The summed E-state index contributed by atoms with van der Waals surface area (Å²) in [6.45, 7) is 4.06. The molecule has 0 heterocycles. The zero-order chi connectivity index (χ0) is 19.9. The molecule has 0 aromatic heterocycles. The monoisotopic (exact) mass is 374 g/mol. The van der Waals surface area contributed by atoms with Gasteiger partial charge in [0.05, 0.1) is 11.1 Å². The van der Waals surface area contributed by atoms with Crippen molar-refractivity contribution < 1.29 is 19.1 Å². The largest absolute Gasteiger partial charge is 0.423 e. The Balaban J connectivity index is 1.81. The van der Waals surface area contributed by atoms with E-state index in [4.69, 9.17) is 9.47 Å². The summed E-state index contributed by atoms with van der Waals surface area (Å²) < 4.78 is 10.9. The molecule has 3 aromatic carbocycles. The molecule has 0 fully saturated rings. The lowest BCUT2D eigenvalue weighted by Gasteiger charge is -2.10. The Morgan fingerprint density at radius 3 is 1.46 bits per heavy atom. The maximum Gasteiger partial charge on any atom is 0.344 e. The van der Waals surface area contributed by atoms with E-state index in [1.165, 1.54) is 0 Å². The van der Waals surface area contributed by atoms with Gasteiger partial charge in [0.15, 0.2) is 0 Å². The van der Waals surface area contributed by atoms with Gasteiger partial charge in [-0.3, -0.25) is 0 Å². The minimum atomic E-state index is -0.594. The molecule has 4 heteroatoms. The van der Waals surface area contributed by atoms with Gasteiger partial charge in [-0.2, -0.15) is 0 Å². The van der Waals surface area contributed by atoms with Crippen LogP contribution in [0.3, 0.4) is 0 Å². The van der Waals surface area contributed by atoms with Crippen LogP contribution < -0.4 is 9.47 Å². The van der Waals surface area contributed by atoms with E-state index in [1.807, 2.05) is 50.2 Å². The molecule has 142 valence electrons. The quantitative estimate of drug-likeness (QED) is 0.437. The van der Waals surface area contributed by atoms with Crippen molar-refractivity contribution in [3.05, 3.63) is 95.1 Å². The average Bonchev–Trinajstić information content (AvgIpc) is 2.74. The molecule has 4 nitrogen and oxygen atoms in total. The van der Waals surface area contributed by atoms with Crippen LogP contribution in [0.1, 0.15) is 45.7 Å². The summed E-state index contributed by atoms with van der Waals surface area (Å²) in [5.74, 6) is -0.294. The van der Waals surface area contributed by atoms with Crippen molar-refractivity contribution in [1.82, 2.24) is 0 Å². The molecule has 0 amide bonds. The van der Waals surface area contributed by atoms with Crippen LogP contribution in [0.15, 0.2) is 72.8 Å². The SMILES string of the molecule is CCc1cccc(OC(=O)c2ccccc2C(=O)Oc2cccc(CC)c2)c1. The normalized spacial score (nSPS) is 10.4. The Hall–Kier alpha value is -3.40. The lowest BCUT2D eigenvalue weighted by atomic mass is 10.1. The molecule has 0 bridgehead atoms. The third-order valence-electron chi connectivity index (χ3n) is 4.40. The molecule has 0 aliphatic heterocycles. The van der Waals surface area contributed by atoms with E-state index in [-0.39, 0.29) is 11.1 Å². The van der Waals surface area contributed by atoms with E-state index in [2.05, 4.69) is 0 Å². The van der Waals surface area contributed by atoms with Gasteiger partial charge in [0, 0.05) is 0 Å². The Morgan fingerprint density at radius 1 is 0.643 bits per heavy atom. The number of rotatable bonds is 6. The second kappa shape index (κ2) is 9.00. The summed E-state index contributed by atoms with van der Waals surface area (Å²) in [5, 5.41) is 0. The zero-order valence-electron chi connectivity index (χ0n) is 16.0. The van der Waals surface area contributed by atoms with Crippen LogP contribution in [-0.4, -0.2) is 11.9 Å². The molecule has 0 spiro atoms. The lowest BCUT2D eigenvalue weighted by molar-refractivity contribution is 0.0692. The number of esters is 2. The molecule has 0 N–H and O–H groups in total. The fourth-order valence-corrected chi connectivity index (χ4v) is 2.82. The van der Waals surface area contributed by atoms with Crippen LogP contribution in [0.5, 0.6) is 11.5 Å². The number of carbonyl (C=O) groups is 2. The molecule has 0 aliphatic carbocycles. The zero-order valence-corrected chi connectivity index (χ0v) is 16.0. The van der Waals surface area contributed by atoms with Gasteiger partial charge in [0.2, 0.25) is 0 Å². The second-order valence-electron chi connectivity index (χ2n) is 6.33. The molecule has 0 radical (unpaired) electrons. The summed E-state index contributed by atoms with van der Waals surface area (Å²) in [4.78, 5) is 25.3. The molecule has 0 unspecified atom stereocenters. The molecule has 0 aliphatic rings. The lowest BCUT2D eigenvalue weighted by Crippen LogP contribution is -2.17. The van der Waals surface area contributed by atoms with Gasteiger partial charge in [-0.05, 0) is 60.4 Å². The van der Waals surface area contributed by atoms with Crippen molar-refractivity contribution in [1.29, 1.82) is 0 Å². The van der Waals surface area contributed by atoms with Gasteiger partial charge in [-0.1, -0.05) is 50.2 Å². The van der Waals surface area contributed by atoms with Gasteiger partial charge >= 0.3 is 11.9 Å². The summed E-state index contributed by atoms with van der Waals surface area (Å²) in [7, 11) is 0. The van der Waals surface area contributed by atoms with Gasteiger partial charge < -0.3 is 9.47 Å². The third-order valence-corrected chi connectivity index (χ3v) is 4.40. The van der Waals surface area contributed by atoms with E-state index in [9.17, 15) is 9.59 Å². The van der Waals surface area contributed by atoms with Crippen LogP contribution in [-0.2, 0) is 12.8 Å². The standard InChI is InChI=1S/C24H22O4/c1-3-17-9-7-11-19(15-17)27-23(25)21-13-5-6-14-22(21)24(26)28-20-12-8-10-18(4-2)16-20/h5-16H,3-4H2,1-2H3. The van der Waals surface area contributed by atoms with Gasteiger partial charge in [0.25, 0.3) is 0 Å². The first-order chi connectivity index (χ1) is 13.6. The molecule has 0 saturated carbocycles. The van der Waals surface area contributed by atoms with Gasteiger partial charge in [-0.25, -0.2) is 9.59 Å². The molecule has 0 saturated heterocycles. The fourth-order valence-electron chi connectivity index (χ4n) is 2.82. The number of ether oxygens (including phenoxy) is 2. The highest BCUT2D eigenvalue weighted by atomic mass is 16.5. The van der Waals surface area contributed by atoms with Crippen LogP contribution in [0.2, 0.25) is 0 Å². The van der Waals surface area contributed by atoms with E-state index in [0.29, 0.717) is 11.5 Å². The maximum atomic E-state index is 12.7. The highest BCUT2D eigenvalue weighted by Gasteiger charge is 2.20. The van der Waals surface area contributed by atoms with Crippen molar-refractivity contribution in [3.8, 4) is 11.5 Å². The van der Waals surface area contributed by atoms with Crippen molar-refractivity contribution >= 4 is 11.9 Å². The van der Waals surface area contributed by atoms with E-state index in [1.54, 1.807) is 36.4 Å². The molecule has 3 aromatic rings. The summed E-state index contributed by atoms with van der Waals surface area (Å²) in [6.07, 6.45) is 1.68. The number of carbonyl (C=O) groups excluding carboxylic acids is 2. The minimum Gasteiger partial charge on any atom is -0.423 e. The predicted octanol–water partition coefficient (Wildman–Crippen LogP) is 5.25. The van der Waals surface area contributed by atoms with Crippen LogP contribution in [0, 0.1) is 0 Å². The van der Waals surface area contributed by atoms with Crippen molar-refractivity contribution in [2.75, 3.05) is 0 Å². The highest BCUT2D eigenvalue weighted by molar-refractivity contribution is 6.04. The first-order valence-electron chi connectivity index (χ1n) is 9.32. The van der Waals surface area contributed by atoms with Gasteiger partial charge in [-0.15, -0.1) is 0 Å². The van der Waals surface area contributed by atoms with Crippen LogP contribution in [0.25, 0.3) is 0 Å².